The Morgan fingerprint density at radius 3 is 1.87 bits per heavy atom. The van der Waals surface area contributed by atoms with Crippen LogP contribution in [-0.4, -0.2) is 29.4 Å². The molecule has 4 heteroatoms. The smallest absolute Gasteiger partial charge is 0.302 e. The van der Waals surface area contributed by atoms with E-state index in [-0.39, 0.29) is 12.1 Å². The predicted molar refractivity (Wildman–Crippen MR) is 93.3 cm³/mol. The zero-order valence-electron chi connectivity index (χ0n) is 13.3. The molecule has 0 aliphatic heterocycles. The molecule has 0 N–H and O–H groups in total. The Bertz CT molecular complexity index is 547. The second kappa shape index (κ2) is 9.33. The highest BCUT2D eigenvalue weighted by atomic mass is 35.5. The van der Waals surface area contributed by atoms with Crippen molar-refractivity contribution in [3.63, 3.8) is 0 Å². The van der Waals surface area contributed by atoms with E-state index in [2.05, 4.69) is 29.2 Å². The molecule has 0 aliphatic carbocycles. The molecule has 2 aromatic rings. The van der Waals surface area contributed by atoms with Gasteiger partial charge in [0, 0.05) is 26.6 Å². The molecule has 1 atom stereocenters. The first-order valence-electron chi connectivity index (χ1n) is 7.70. The molecule has 0 radical (unpaired) electrons. The Morgan fingerprint density at radius 2 is 1.48 bits per heavy atom. The molecule has 2 rings (SSSR count). The third-order valence-corrected chi connectivity index (χ3v) is 3.81. The van der Waals surface area contributed by atoms with Crippen molar-refractivity contribution in [2.24, 2.45) is 0 Å². The topological polar surface area (TPSA) is 29.5 Å². The van der Waals surface area contributed by atoms with Gasteiger partial charge in [-0.3, -0.25) is 9.69 Å². The van der Waals surface area contributed by atoms with E-state index < -0.39 is 0 Å². The molecule has 23 heavy (non-hydrogen) atoms. The number of esters is 1. The second-order valence-electron chi connectivity index (χ2n) is 5.53. The van der Waals surface area contributed by atoms with Gasteiger partial charge in [0.25, 0.3) is 0 Å². The SMILES string of the molecule is CC(=O)O[C@H](CCl)CN(Cc1ccccc1)Cc1ccccc1. The number of carbonyl (C=O) groups excluding carboxylic acids is 1. The molecule has 0 bridgehead atoms. The maximum Gasteiger partial charge on any atom is 0.302 e. The predicted octanol–water partition coefficient (Wildman–Crippen LogP) is 3.86. The standard InChI is InChI=1S/C19H22ClNO2/c1-16(22)23-19(12-20)15-21(13-17-8-4-2-5-9-17)14-18-10-6-3-7-11-18/h2-11,19H,12-15H2,1H3/t19-/m1/s1. The zero-order valence-corrected chi connectivity index (χ0v) is 14.1. The molecule has 0 spiro atoms. The fraction of sp³-hybridized carbons (Fsp3) is 0.316. The molecule has 3 nitrogen and oxygen atoms in total. The van der Waals surface area contributed by atoms with Crippen LogP contribution >= 0.6 is 11.6 Å². The van der Waals surface area contributed by atoms with Crippen molar-refractivity contribution in [2.45, 2.75) is 26.1 Å². The average Bonchev–Trinajstić information content (AvgIpc) is 2.55. The molecule has 0 amide bonds. The lowest BCUT2D eigenvalue weighted by molar-refractivity contribution is -0.146. The van der Waals surface area contributed by atoms with Crippen LogP contribution in [0.1, 0.15) is 18.1 Å². The highest BCUT2D eigenvalue weighted by Crippen LogP contribution is 2.12. The van der Waals surface area contributed by atoms with Gasteiger partial charge in [0.15, 0.2) is 0 Å². The Balaban J connectivity index is 2.08. The van der Waals surface area contributed by atoms with E-state index in [1.807, 2.05) is 36.4 Å². The maximum absolute atomic E-state index is 11.2. The van der Waals surface area contributed by atoms with Gasteiger partial charge in [0.1, 0.15) is 6.10 Å². The fourth-order valence-electron chi connectivity index (χ4n) is 2.51. The first-order chi connectivity index (χ1) is 11.2. The summed E-state index contributed by atoms with van der Waals surface area (Å²) in [6.07, 6.45) is -0.304. The number of halogens is 1. The lowest BCUT2D eigenvalue weighted by Gasteiger charge is -2.26. The Morgan fingerprint density at radius 1 is 1.00 bits per heavy atom. The third-order valence-electron chi connectivity index (χ3n) is 3.46. The average molecular weight is 332 g/mol. The number of carbonyl (C=O) groups is 1. The first kappa shape index (κ1) is 17.5. The van der Waals surface area contributed by atoms with Gasteiger partial charge in [-0.2, -0.15) is 0 Å². The Hall–Kier alpha value is -1.84. The number of hydrogen-bond acceptors (Lipinski definition) is 3. The summed E-state index contributed by atoms with van der Waals surface area (Å²) in [5.74, 6) is -0.00495. The summed E-state index contributed by atoms with van der Waals surface area (Å²) in [5.41, 5.74) is 2.44. The molecule has 0 unspecified atom stereocenters. The molecule has 0 aromatic heterocycles. The summed E-state index contributed by atoms with van der Waals surface area (Å²) in [6.45, 7) is 3.58. The number of benzene rings is 2. The van der Waals surface area contributed by atoms with Crippen molar-refractivity contribution in [2.75, 3.05) is 12.4 Å². The van der Waals surface area contributed by atoms with Crippen molar-refractivity contribution in [1.82, 2.24) is 4.90 Å². The van der Waals surface area contributed by atoms with Crippen LogP contribution in [0.25, 0.3) is 0 Å². The summed E-state index contributed by atoms with van der Waals surface area (Å²) in [6, 6.07) is 20.5. The highest BCUT2D eigenvalue weighted by Gasteiger charge is 2.17. The van der Waals surface area contributed by atoms with E-state index in [1.54, 1.807) is 0 Å². The van der Waals surface area contributed by atoms with Crippen LogP contribution in [0.15, 0.2) is 60.7 Å². The summed E-state index contributed by atoms with van der Waals surface area (Å²) >= 11 is 5.96. The van der Waals surface area contributed by atoms with Gasteiger partial charge in [0.05, 0.1) is 5.88 Å². The van der Waals surface area contributed by atoms with E-state index in [0.29, 0.717) is 12.4 Å². The first-order valence-corrected chi connectivity index (χ1v) is 8.24. The molecule has 2 aromatic carbocycles. The second-order valence-corrected chi connectivity index (χ2v) is 5.84. The molecular weight excluding hydrogens is 310 g/mol. The largest absolute Gasteiger partial charge is 0.460 e. The van der Waals surface area contributed by atoms with Gasteiger partial charge in [-0.25, -0.2) is 0 Å². The number of hydrogen-bond donors (Lipinski definition) is 0. The molecule has 0 saturated carbocycles. The molecule has 0 saturated heterocycles. The summed E-state index contributed by atoms with van der Waals surface area (Å²) in [5, 5.41) is 0. The summed E-state index contributed by atoms with van der Waals surface area (Å²) < 4.78 is 5.29. The van der Waals surface area contributed by atoms with Crippen LogP contribution in [0, 0.1) is 0 Å². The fourth-order valence-corrected chi connectivity index (χ4v) is 2.67. The van der Waals surface area contributed by atoms with Crippen LogP contribution < -0.4 is 0 Å². The minimum Gasteiger partial charge on any atom is -0.460 e. The van der Waals surface area contributed by atoms with Gasteiger partial charge in [-0.15, -0.1) is 11.6 Å². The molecule has 0 aliphatic rings. The van der Waals surface area contributed by atoms with E-state index in [9.17, 15) is 4.79 Å². The van der Waals surface area contributed by atoms with Crippen LogP contribution in [0.3, 0.4) is 0 Å². The maximum atomic E-state index is 11.2. The lowest BCUT2D eigenvalue weighted by Crippen LogP contribution is -2.35. The van der Waals surface area contributed by atoms with Gasteiger partial charge < -0.3 is 4.74 Å². The van der Waals surface area contributed by atoms with Crippen molar-refractivity contribution < 1.29 is 9.53 Å². The van der Waals surface area contributed by atoms with Gasteiger partial charge >= 0.3 is 5.97 Å². The van der Waals surface area contributed by atoms with E-state index >= 15 is 0 Å². The molecule has 0 fully saturated rings. The van der Waals surface area contributed by atoms with Crippen molar-refractivity contribution >= 4 is 17.6 Å². The molecular formula is C19H22ClNO2. The number of alkyl halides is 1. The van der Waals surface area contributed by atoms with Crippen molar-refractivity contribution in [1.29, 1.82) is 0 Å². The van der Waals surface area contributed by atoms with Crippen molar-refractivity contribution in [3.05, 3.63) is 71.8 Å². The summed E-state index contributed by atoms with van der Waals surface area (Å²) in [4.78, 5) is 13.5. The summed E-state index contributed by atoms with van der Waals surface area (Å²) in [7, 11) is 0. The van der Waals surface area contributed by atoms with Gasteiger partial charge in [-0.1, -0.05) is 60.7 Å². The van der Waals surface area contributed by atoms with Crippen LogP contribution in [0.2, 0.25) is 0 Å². The Labute approximate surface area is 142 Å². The lowest BCUT2D eigenvalue weighted by atomic mass is 10.1. The molecule has 122 valence electrons. The van der Waals surface area contributed by atoms with Gasteiger partial charge in [0.2, 0.25) is 0 Å². The highest BCUT2D eigenvalue weighted by molar-refractivity contribution is 6.18. The normalized spacial score (nSPS) is 12.1. The van der Waals surface area contributed by atoms with Crippen LogP contribution in [-0.2, 0) is 22.6 Å². The van der Waals surface area contributed by atoms with Crippen LogP contribution in [0.4, 0.5) is 0 Å². The number of nitrogens with zero attached hydrogens (tertiary/aromatic N) is 1. The third kappa shape index (κ3) is 6.43. The van der Waals surface area contributed by atoms with Crippen molar-refractivity contribution in [3.8, 4) is 0 Å². The molecule has 0 heterocycles. The monoisotopic (exact) mass is 331 g/mol. The van der Waals surface area contributed by atoms with E-state index in [1.165, 1.54) is 18.1 Å². The number of ether oxygens (including phenoxy) is 1. The van der Waals surface area contributed by atoms with Crippen LogP contribution in [0.5, 0.6) is 0 Å². The zero-order chi connectivity index (χ0) is 16.5. The van der Waals surface area contributed by atoms with Gasteiger partial charge in [-0.05, 0) is 11.1 Å². The Kier molecular flexibility index (Phi) is 7.11. The minimum absolute atomic E-state index is 0.291. The van der Waals surface area contributed by atoms with E-state index in [4.69, 9.17) is 16.3 Å². The quantitative estimate of drug-likeness (QED) is 0.543. The number of rotatable bonds is 8. The van der Waals surface area contributed by atoms with E-state index in [0.717, 1.165) is 13.1 Å². The minimum atomic E-state index is -0.304.